The van der Waals surface area contributed by atoms with Crippen LogP contribution in [0, 0.1) is 0 Å². The number of nitrogens with one attached hydrogen (secondary N) is 1. The molecule has 0 spiro atoms. The molecule has 5 nitrogen and oxygen atoms in total. The SMILES string of the molecule is COCCONC(=O)CN. The first-order valence-corrected chi connectivity index (χ1v) is 2.91. The van der Waals surface area contributed by atoms with Crippen LogP contribution in [-0.2, 0) is 14.4 Å². The lowest BCUT2D eigenvalue weighted by molar-refractivity contribution is -0.133. The predicted octanol–water partition coefficient (Wildman–Crippen LogP) is -1.36. The van der Waals surface area contributed by atoms with Crippen LogP contribution in [-0.4, -0.2) is 32.8 Å². The maximum absolute atomic E-state index is 10.4. The first-order chi connectivity index (χ1) is 4.81. The molecule has 0 aliphatic heterocycles. The number of carbonyl (C=O) groups is 1. The van der Waals surface area contributed by atoms with Gasteiger partial charge in [-0.2, -0.15) is 0 Å². The first kappa shape index (κ1) is 9.35. The van der Waals surface area contributed by atoms with E-state index in [9.17, 15) is 4.79 Å². The Morgan fingerprint density at radius 1 is 1.60 bits per heavy atom. The quantitative estimate of drug-likeness (QED) is 0.373. The van der Waals surface area contributed by atoms with Gasteiger partial charge in [-0.25, -0.2) is 5.48 Å². The smallest absolute Gasteiger partial charge is 0.257 e. The van der Waals surface area contributed by atoms with Gasteiger partial charge in [0.25, 0.3) is 5.91 Å². The van der Waals surface area contributed by atoms with E-state index in [2.05, 4.69) is 15.1 Å². The summed E-state index contributed by atoms with van der Waals surface area (Å²) in [6.07, 6.45) is 0. The van der Waals surface area contributed by atoms with Crippen molar-refractivity contribution in [3.05, 3.63) is 0 Å². The topological polar surface area (TPSA) is 73.6 Å². The van der Waals surface area contributed by atoms with Crippen molar-refractivity contribution in [1.29, 1.82) is 0 Å². The molecule has 10 heavy (non-hydrogen) atoms. The van der Waals surface area contributed by atoms with Gasteiger partial charge in [0, 0.05) is 7.11 Å². The predicted molar refractivity (Wildman–Crippen MR) is 35.0 cm³/mol. The second kappa shape index (κ2) is 6.47. The molecular formula is C5H12N2O3. The molecule has 0 unspecified atom stereocenters. The summed E-state index contributed by atoms with van der Waals surface area (Å²) in [6.45, 7) is 0.722. The summed E-state index contributed by atoms with van der Waals surface area (Å²) in [6, 6.07) is 0. The lowest BCUT2D eigenvalue weighted by Gasteiger charge is -2.02. The minimum absolute atomic E-state index is 0.0625. The Hall–Kier alpha value is -0.650. The fraction of sp³-hybridized carbons (Fsp3) is 0.800. The molecule has 60 valence electrons. The highest BCUT2D eigenvalue weighted by Gasteiger charge is 1.93. The molecule has 0 aromatic heterocycles. The first-order valence-electron chi connectivity index (χ1n) is 2.91. The lowest BCUT2D eigenvalue weighted by atomic mass is 10.7. The molecule has 5 heteroatoms. The number of ether oxygens (including phenoxy) is 1. The number of carbonyl (C=O) groups excluding carboxylic acids is 1. The molecule has 0 aromatic carbocycles. The van der Waals surface area contributed by atoms with E-state index < -0.39 is 0 Å². The van der Waals surface area contributed by atoms with E-state index in [1.807, 2.05) is 0 Å². The molecule has 1 amide bonds. The molecule has 0 saturated heterocycles. The van der Waals surface area contributed by atoms with E-state index in [0.717, 1.165) is 0 Å². The van der Waals surface area contributed by atoms with Gasteiger partial charge in [-0.3, -0.25) is 9.63 Å². The number of methoxy groups -OCH3 is 1. The Kier molecular flexibility index (Phi) is 6.05. The van der Waals surface area contributed by atoms with E-state index in [-0.39, 0.29) is 12.5 Å². The van der Waals surface area contributed by atoms with Gasteiger partial charge in [0.15, 0.2) is 0 Å². The van der Waals surface area contributed by atoms with E-state index >= 15 is 0 Å². The minimum Gasteiger partial charge on any atom is -0.382 e. The van der Waals surface area contributed by atoms with Crippen molar-refractivity contribution >= 4 is 5.91 Å². The maximum atomic E-state index is 10.4. The monoisotopic (exact) mass is 148 g/mol. The van der Waals surface area contributed by atoms with Gasteiger partial charge < -0.3 is 10.5 Å². The molecule has 3 N–H and O–H groups in total. The molecule has 0 atom stereocenters. The maximum Gasteiger partial charge on any atom is 0.257 e. The van der Waals surface area contributed by atoms with Gasteiger partial charge in [0.1, 0.15) is 0 Å². The fourth-order valence-electron chi connectivity index (χ4n) is 0.298. The van der Waals surface area contributed by atoms with Crippen LogP contribution in [0.15, 0.2) is 0 Å². The van der Waals surface area contributed by atoms with Crippen LogP contribution >= 0.6 is 0 Å². The average molecular weight is 148 g/mol. The van der Waals surface area contributed by atoms with Gasteiger partial charge in [0.2, 0.25) is 0 Å². The molecule has 0 rings (SSSR count). The number of nitrogens with two attached hydrogens (primary N) is 1. The Bertz CT molecular complexity index is 96.9. The molecule has 0 aliphatic rings. The zero-order valence-electron chi connectivity index (χ0n) is 5.92. The van der Waals surface area contributed by atoms with Crippen LogP contribution in [0.25, 0.3) is 0 Å². The van der Waals surface area contributed by atoms with E-state index in [4.69, 9.17) is 5.73 Å². The van der Waals surface area contributed by atoms with Crippen molar-refractivity contribution in [2.45, 2.75) is 0 Å². The Morgan fingerprint density at radius 3 is 2.80 bits per heavy atom. The minimum atomic E-state index is -0.337. The van der Waals surface area contributed by atoms with Crippen LogP contribution in [0.5, 0.6) is 0 Å². The fourth-order valence-corrected chi connectivity index (χ4v) is 0.298. The van der Waals surface area contributed by atoms with E-state index in [0.29, 0.717) is 13.2 Å². The third-order valence-corrected chi connectivity index (χ3v) is 0.761. The number of hydroxylamine groups is 1. The number of amides is 1. The van der Waals surface area contributed by atoms with Crippen molar-refractivity contribution in [3.63, 3.8) is 0 Å². The third-order valence-electron chi connectivity index (χ3n) is 0.761. The Morgan fingerprint density at radius 2 is 2.30 bits per heavy atom. The van der Waals surface area contributed by atoms with Crippen molar-refractivity contribution in [3.8, 4) is 0 Å². The zero-order valence-corrected chi connectivity index (χ0v) is 5.92. The summed E-state index contributed by atoms with van der Waals surface area (Å²) in [5.41, 5.74) is 7.09. The third kappa shape index (κ3) is 5.49. The lowest BCUT2D eigenvalue weighted by Crippen LogP contribution is -2.31. The summed E-state index contributed by atoms with van der Waals surface area (Å²) in [4.78, 5) is 15.0. The van der Waals surface area contributed by atoms with E-state index in [1.54, 1.807) is 7.11 Å². The number of rotatable bonds is 5. The number of hydrogen-bond donors (Lipinski definition) is 2. The normalized spacial score (nSPS) is 9.40. The van der Waals surface area contributed by atoms with Gasteiger partial charge in [-0.1, -0.05) is 0 Å². The standard InChI is InChI=1S/C5H12N2O3/c1-9-2-3-10-7-5(8)4-6/h2-4,6H2,1H3,(H,7,8). The van der Waals surface area contributed by atoms with Crippen molar-refractivity contribution in [2.75, 3.05) is 26.9 Å². The van der Waals surface area contributed by atoms with Gasteiger partial charge in [-0.05, 0) is 0 Å². The molecule has 0 bridgehead atoms. The highest BCUT2D eigenvalue weighted by Crippen LogP contribution is 1.69. The Labute approximate surface area is 59.4 Å². The summed E-state index contributed by atoms with van der Waals surface area (Å²) in [5.74, 6) is -0.337. The molecular weight excluding hydrogens is 136 g/mol. The molecule has 0 fully saturated rings. The van der Waals surface area contributed by atoms with Gasteiger partial charge in [0.05, 0.1) is 19.8 Å². The summed E-state index contributed by atoms with van der Waals surface area (Å²) in [5, 5.41) is 0. The van der Waals surface area contributed by atoms with Gasteiger partial charge in [-0.15, -0.1) is 0 Å². The molecule has 0 saturated carbocycles. The van der Waals surface area contributed by atoms with Crippen molar-refractivity contribution in [2.24, 2.45) is 5.73 Å². The van der Waals surface area contributed by atoms with Crippen LogP contribution in [0.1, 0.15) is 0 Å². The van der Waals surface area contributed by atoms with Crippen LogP contribution in [0.3, 0.4) is 0 Å². The second-order valence-corrected chi connectivity index (χ2v) is 1.57. The summed E-state index contributed by atoms with van der Waals surface area (Å²) < 4.78 is 4.65. The van der Waals surface area contributed by atoms with Crippen molar-refractivity contribution < 1.29 is 14.4 Å². The molecule has 0 radical (unpaired) electrons. The van der Waals surface area contributed by atoms with Crippen LogP contribution in [0.2, 0.25) is 0 Å². The number of hydrogen-bond acceptors (Lipinski definition) is 4. The highest BCUT2D eigenvalue weighted by atomic mass is 16.7. The van der Waals surface area contributed by atoms with Crippen molar-refractivity contribution in [1.82, 2.24) is 5.48 Å². The van der Waals surface area contributed by atoms with E-state index in [1.165, 1.54) is 0 Å². The molecule has 0 heterocycles. The highest BCUT2D eigenvalue weighted by molar-refractivity contribution is 5.76. The van der Waals surface area contributed by atoms with Crippen LogP contribution in [0.4, 0.5) is 0 Å². The zero-order chi connectivity index (χ0) is 7.82. The van der Waals surface area contributed by atoms with Gasteiger partial charge >= 0.3 is 0 Å². The Balaban J connectivity index is 2.96. The largest absolute Gasteiger partial charge is 0.382 e. The summed E-state index contributed by atoms with van der Waals surface area (Å²) >= 11 is 0. The van der Waals surface area contributed by atoms with Crippen LogP contribution < -0.4 is 11.2 Å². The molecule has 0 aromatic rings. The molecule has 0 aliphatic carbocycles. The average Bonchev–Trinajstić information content (AvgIpc) is 1.98. The second-order valence-electron chi connectivity index (χ2n) is 1.57. The summed E-state index contributed by atoms with van der Waals surface area (Å²) in [7, 11) is 1.55.